The molecule has 2 aromatic carbocycles. The van der Waals surface area contributed by atoms with Gasteiger partial charge in [0.2, 0.25) is 11.3 Å². The van der Waals surface area contributed by atoms with Crippen LogP contribution in [0, 0.1) is 6.92 Å². The van der Waals surface area contributed by atoms with E-state index in [-0.39, 0.29) is 17.6 Å². The molecule has 0 aliphatic carbocycles. The Labute approximate surface area is 192 Å². The number of alkyl halides is 3. The van der Waals surface area contributed by atoms with Gasteiger partial charge in [-0.15, -0.1) is 0 Å². The van der Waals surface area contributed by atoms with E-state index >= 15 is 0 Å². The second kappa shape index (κ2) is 9.30. The Hall–Kier alpha value is -4.28. The van der Waals surface area contributed by atoms with Gasteiger partial charge in [0.1, 0.15) is 6.33 Å². The molecule has 8 nitrogen and oxygen atoms in total. The fourth-order valence-electron chi connectivity index (χ4n) is 3.31. The van der Waals surface area contributed by atoms with Crippen LogP contribution >= 0.6 is 0 Å². The molecule has 0 saturated heterocycles. The maximum Gasteiger partial charge on any atom is 0.416 e. The van der Waals surface area contributed by atoms with Gasteiger partial charge in [-0.3, -0.25) is 9.84 Å². The number of benzene rings is 2. The fraction of sp³-hybridized carbons (Fsp3) is 0.174. The normalized spacial score (nSPS) is 12.3. The highest BCUT2D eigenvalue weighted by atomic mass is 19.4. The highest BCUT2D eigenvalue weighted by Crippen LogP contribution is 2.30. The molecule has 2 aromatic heterocycles. The summed E-state index contributed by atoms with van der Waals surface area (Å²) in [7, 11) is 0. The van der Waals surface area contributed by atoms with Crippen LogP contribution in [0.25, 0.3) is 11.1 Å². The number of halogens is 3. The molecule has 2 amide bonds. The van der Waals surface area contributed by atoms with Crippen molar-refractivity contribution in [2.45, 2.75) is 26.1 Å². The molecule has 4 aromatic rings. The molecule has 11 heteroatoms. The largest absolute Gasteiger partial charge is 0.416 e. The highest BCUT2D eigenvalue weighted by Gasteiger charge is 2.30. The molecule has 0 fully saturated rings. The first-order valence-corrected chi connectivity index (χ1v) is 10.2. The van der Waals surface area contributed by atoms with Gasteiger partial charge in [-0.2, -0.15) is 13.2 Å². The fourth-order valence-corrected chi connectivity index (χ4v) is 3.31. The van der Waals surface area contributed by atoms with Crippen molar-refractivity contribution >= 4 is 17.6 Å². The van der Waals surface area contributed by atoms with E-state index in [9.17, 15) is 18.0 Å². The monoisotopic (exact) mass is 469 g/mol. The molecule has 2 N–H and O–H groups in total. The van der Waals surface area contributed by atoms with Crippen LogP contribution in [0.1, 0.15) is 29.8 Å². The van der Waals surface area contributed by atoms with Crippen LogP contribution in [0.2, 0.25) is 0 Å². The van der Waals surface area contributed by atoms with Crippen LogP contribution in [-0.2, 0) is 6.18 Å². The molecule has 1 atom stereocenters. The lowest BCUT2D eigenvalue weighted by molar-refractivity contribution is -0.774. The average Bonchev–Trinajstić information content (AvgIpc) is 3.27. The van der Waals surface area contributed by atoms with E-state index in [1.54, 1.807) is 6.20 Å². The number of anilines is 2. The van der Waals surface area contributed by atoms with Gasteiger partial charge in [0.05, 0.1) is 5.56 Å². The molecule has 0 aliphatic rings. The maximum absolute atomic E-state index is 12.8. The number of carbonyl (C=O) groups excluding carboxylic acids is 1. The molecule has 0 spiro atoms. The summed E-state index contributed by atoms with van der Waals surface area (Å²) in [5, 5.41) is 8.68. The van der Waals surface area contributed by atoms with E-state index in [1.165, 1.54) is 29.3 Å². The van der Waals surface area contributed by atoms with Gasteiger partial charge in [-0.1, -0.05) is 30.3 Å². The van der Waals surface area contributed by atoms with E-state index in [4.69, 9.17) is 4.52 Å². The lowest BCUT2D eigenvalue weighted by Crippen LogP contribution is -2.39. The number of carbonyl (C=O) groups is 1. The Bertz CT molecular complexity index is 1300. The van der Waals surface area contributed by atoms with Gasteiger partial charge < -0.3 is 5.32 Å². The topological polar surface area (TPSA) is 96.8 Å². The Balaban J connectivity index is 1.41. The third-order valence-corrected chi connectivity index (χ3v) is 5.18. The zero-order valence-electron chi connectivity index (χ0n) is 18.2. The van der Waals surface area contributed by atoms with Gasteiger partial charge >= 0.3 is 18.1 Å². The number of aryl methyl sites for hydroxylation is 1. The summed E-state index contributed by atoms with van der Waals surface area (Å²) < 4.78 is 45.2. The van der Waals surface area contributed by atoms with Crippen molar-refractivity contribution in [3.8, 4) is 11.1 Å². The highest BCUT2D eigenvalue weighted by molar-refractivity contribution is 5.98. The zero-order valence-corrected chi connectivity index (χ0v) is 18.2. The van der Waals surface area contributed by atoms with Crippen molar-refractivity contribution in [2.75, 3.05) is 10.6 Å². The SMILES string of the molecule is Cc1ncncc1-c1ccc([C@H](C)[n+]2cc(NC(=O)Nc3cccc(C(F)(F)F)c3)on2)cc1. The number of nitrogens with one attached hydrogen (secondary N) is 2. The number of hydrogen-bond acceptors (Lipinski definition) is 5. The number of aromatic nitrogens is 4. The number of rotatable bonds is 5. The third kappa shape index (κ3) is 5.20. The second-order valence-corrected chi connectivity index (χ2v) is 7.52. The first-order chi connectivity index (χ1) is 16.2. The maximum atomic E-state index is 12.8. The minimum atomic E-state index is -4.51. The second-order valence-electron chi connectivity index (χ2n) is 7.52. The molecule has 4 rings (SSSR count). The molecular weight excluding hydrogens is 449 g/mol. The number of amides is 2. The molecule has 2 heterocycles. The quantitative estimate of drug-likeness (QED) is 0.401. The summed E-state index contributed by atoms with van der Waals surface area (Å²) in [6.07, 6.45) is 0.240. The van der Waals surface area contributed by atoms with Crippen LogP contribution in [-0.4, -0.2) is 21.3 Å². The molecule has 0 aliphatic heterocycles. The van der Waals surface area contributed by atoms with Gasteiger partial charge in [0.25, 0.3) is 6.20 Å². The van der Waals surface area contributed by atoms with Crippen molar-refractivity contribution in [2.24, 2.45) is 0 Å². The first-order valence-electron chi connectivity index (χ1n) is 10.2. The third-order valence-electron chi connectivity index (χ3n) is 5.18. The van der Waals surface area contributed by atoms with Gasteiger partial charge in [0.15, 0.2) is 0 Å². The Kier molecular flexibility index (Phi) is 6.26. The first kappa shape index (κ1) is 22.9. The number of hydrogen-bond donors (Lipinski definition) is 2. The average molecular weight is 469 g/mol. The predicted molar refractivity (Wildman–Crippen MR) is 117 cm³/mol. The zero-order chi connectivity index (χ0) is 24.3. The van der Waals surface area contributed by atoms with Gasteiger partial charge in [-0.25, -0.2) is 14.8 Å². The van der Waals surface area contributed by atoms with E-state index in [0.717, 1.165) is 34.5 Å². The molecule has 0 bridgehead atoms. The lowest BCUT2D eigenvalue weighted by atomic mass is 10.0. The van der Waals surface area contributed by atoms with Crippen LogP contribution in [0.3, 0.4) is 0 Å². The minimum Gasteiger partial charge on any atom is -0.308 e. The number of nitrogens with zero attached hydrogens (tertiary/aromatic N) is 4. The Morgan fingerprint density at radius 3 is 2.59 bits per heavy atom. The molecule has 0 saturated carbocycles. The lowest BCUT2D eigenvalue weighted by Gasteiger charge is -2.09. The Morgan fingerprint density at radius 1 is 1.12 bits per heavy atom. The smallest absolute Gasteiger partial charge is 0.308 e. The molecule has 0 unspecified atom stereocenters. The van der Waals surface area contributed by atoms with Crippen LogP contribution in [0.15, 0.2) is 71.8 Å². The summed E-state index contributed by atoms with van der Waals surface area (Å²) >= 11 is 0. The van der Waals surface area contributed by atoms with Crippen molar-refractivity contribution in [3.63, 3.8) is 0 Å². The minimum absolute atomic E-state index is 0.00720. The summed E-state index contributed by atoms with van der Waals surface area (Å²) in [5.41, 5.74) is 2.86. The number of urea groups is 1. The van der Waals surface area contributed by atoms with Crippen molar-refractivity contribution < 1.29 is 27.2 Å². The van der Waals surface area contributed by atoms with E-state index in [1.807, 2.05) is 38.1 Å². The molecule has 34 heavy (non-hydrogen) atoms. The molecule has 174 valence electrons. The summed E-state index contributed by atoms with van der Waals surface area (Å²) in [6.45, 7) is 3.82. The Morgan fingerprint density at radius 2 is 1.88 bits per heavy atom. The standard InChI is InChI=1S/C23H19F3N6O2/c1-14-20(11-27-13-28-14)17-8-6-16(7-9-17)15(2)32-12-21(34-31-32)30-22(33)29-19-5-3-4-18(10-19)23(24,25)26/h3-13,15H,1-2H3,(H-,29,30,31,33)/p+1/t15-/m0/s1. The van der Waals surface area contributed by atoms with Crippen molar-refractivity contribution in [1.82, 2.24) is 15.2 Å². The van der Waals surface area contributed by atoms with E-state index in [2.05, 4.69) is 25.9 Å². The summed E-state index contributed by atoms with van der Waals surface area (Å²) in [4.78, 5) is 20.4. The van der Waals surface area contributed by atoms with Crippen LogP contribution < -0.4 is 15.3 Å². The van der Waals surface area contributed by atoms with Gasteiger partial charge in [-0.05, 0) is 35.4 Å². The van der Waals surface area contributed by atoms with E-state index < -0.39 is 17.8 Å². The summed E-state index contributed by atoms with van der Waals surface area (Å²) in [5.74, 6) is 0.0324. The molecular formula is C23H20F3N6O2+. The van der Waals surface area contributed by atoms with E-state index in [0.29, 0.717) is 0 Å². The predicted octanol–water partition coefficient (Wildman–Crippen LogP) is 5.00. The van der Waals surface area contributed by atoms with Crippen molar-refractivity contribution in [1.29, 1.82) is 0 Å². The van der Waals surface area contributed by atoms with Gasteiger partial charge in [0, 0.05) is 35.6 Å². The van der Waals surface area contributed by atoms with Crippen LogP contribution in [0.4, 0.5) is 29.5 Å². The molecule has 0 radical (unpaired) electrons. The summed E-state index contributed by atoms with van der Waals surface area (Å²) in [6, 6.07) is 11.2. The van der Waals surface area contributed by atoms with Crippen LogP contribution in [0.5, 0.6) is 0 Å². The van der Waals surface area contributed by atoms with Crippen molar-refractivity contribution in [3.05, 3.63) is 84.1 Å².